The van der Waals surface area contributed by atoms with Crippen LogP contribution in [-0.2, 0) is 10.8 Å². The molecule has 2 amide bonds. The molecule has 5 heteroatoms. The van der Waals surface area contributed by atoms with E-state index in [2.05, 4.69) is 161 Å². The average molecular weight is 694 g/mol. The normalized spacial score (nSPS) is 16.3. The van der Waals surface area contributed by atoms with Gasteiger partial charge in [0, 0.05) is 10.8 Å². The van der Waals surface area contributed by atoms with E-state index in [-0.39, 0.29) is 28.6 Å². The zero-order chi connectivity index (χ0) is 37.0. The number of carbonyl (C=O) groups is 2. The molecule has 0 aromatic heterocycles. The summed E-state index contributed by atoms with van der Waals surface area (Å²) in [7, 11) is 0. The van der Waals surface area contributed by atoms with Gasteiger partial charge in [-0.2, -0.15) is 0 Å². The Kier molecular flexibility index (Phi) is 7.16. The lowest BCUT2D eigenvalue weighted by atomic mass is 9.73. The zero-order valence-electron chi connectivity index (χ0n) is 31.4. The topological polar surface area (TPSA) is 43.9 Å². The van der Waals surface area contributed by atoms with Crippen LogP contribution in [0.5, 0.6) is 0 Å². The number of hydrogen-bond acceptors (Lipinski definition) is 4. The van der Waals surface area contributed by atoms with Crippen LogP contribution in [0.1, 0.15) is 102 Å². The lowest BCUT2D eigenvalue weighted by Gasteiger charge is -2.43. The average Bonchev–Trinajstić information content (AvgIpc) is 3.41. The van der Waals surface area contributed by atoms with Crippen molar-refractivity contribution in [3.05, 3.63) is 172 Å². The molecule has 53 heavy (non-hydrogen) atoms. The highest BCUT2D eigenvalue weighted by atomic mass is 16.2. The molecule has 0 fully saturated rings. The van der Waals surface area contributed by atoms with Crippen molar-refractivity contribution >= 4 is 51.6 Å². The minimum atomic E-state index is -0.309. The summed E-state index contributed by atoms with van der Waals surface area (Å²) >= 11 is 0. The van der Waals surface area contributed by atoms with Crippen molar-refractivity contribution in [2.45, 2.75) is 65.2 Å². The molecule has 6 aromatic carbocycles. The van der Waals surface area contributed by atoms with Crippen molar-refractivity contribution in [2.24, 2.45) is 0 Å². The summed E-state index contributed by atoms with van der Waals surface area (Å²) in [6.07, 6.45) is 0. The van der Waals surface area contributed by atoms with Gasteiger partial charge in [-0.3, -0.25) is 9.59 Å². The Bertz CT molecular complexity index is 2280. The molecule has 3 aliphatic heterocycles. The molecule has 0 radical (unpaired) electrons. The molecule has 0 bridgehead atoms. The third-order valence-corrected chi connectivity index (χ3v) is 11.9. The van der Waals surface area contributed by atoms with E-state index in [0.717, 1.165) is 56.1 Å². The number of carbonyl (C=O) groups excluding carboxylic acids is 2. The van der Waals surface area contributed by atoms with Gasteiger partial charge < -0.3 is 9.80 Å². The Labute approximate surface area is 312 Å². The molecule has 0 atom stereocenters. The second-order valence-electron chi connectivity index (χ2n) is 16.0. The Morgan fingerprint density at radius 2 is 0.792 bits per heavy atom. The van der Waals surface area contributed by atoms with Gasteiger partial charge in [0.15, 0.2) is 0 Å². The maximum atomic E-state index is 15.4. The quantitative estimate of drug-likeness (QED) is 0.172. The zero-order valence-corrected chi connectivity index (χ0v) is 31.4. The van der Waals surface area contributed by atoms with Gasteiger partial charge in [0.1, 0.15) is 0 Å². The summed E-state index contributed by atoms with van der Waals surface area (Å²) in [5.74, 6) is -0.521. The first-order valence-electron chi connectivity index (χ1n) is 18.6. The number of imide groups is 1. The van der Waals surface area contributed by atoms with Gasteiger partial charge in [-0.25, -0.2) is 4.90 Å². The number of para-hydroxylation sites is 5. The Morgan fingerprint density at radius 3 is 1.15 bits per heavy atom. The third-order valence-electron chi connectivity index (χ3n) is 11.9. The van der Waals surface area contributed by atoms with Crippen LogP contribution in [0.25, 0.3) is 0 Å². The third kappa shape index (κ3) is 4.49. The smallest absolute Gasteiger partial charge is 0.268 e. The molecule has 0 aliphatic carbocycles. The number of amides is 2. The predicted molar refractivity (Wildman–Crippen MR) is 216 cm³/mol. The molecule has 0 saturated carbocycles. The summed E-state index contributed by atoms with van der Waals surface area (Å²) in [4.78, 5) is 36.7. The van der Waals surface area contributed by atoms with Gasteiger partial charge in [0.25, 0.3) is 11.8 Å². The van der Waals surface area contributed by atoms with E-state index in [4.69, 9.17) is 0 Å². The van der Waals surface area contributed by atoms with Crippen LogP contribution >= 0.6 is 0 Å². The first-order chi connectivity index (χ1) is 25.4. The van der Waals surface area contributed by atoms with Gasteiger partial charge in [0.05, 0.1) is 50.9 Å². The molecule has 3 aliphatic rings. The van der Waals surface area contributed by atoms with Crippen LogP contribution in [0.15, 0.2) is 127 Å². The first kappa shape index (κ1) is 32.9. The molecule has 0 saturated heterocycles. The molecule has 3 heterocycles. The molecule has 262 valence electrons. The second kappa shape index (κ2) is 11.5. The molecule has 9 rings (SSSR count). The summed E-state index contributed by atoms with van der Waals surface area (Å²) in [6, 6.07) is 43.9. The van der Waals surface area contributed by atoms with Crippen LogP contribution in [0.4, 0.5) is 39.8 Å². The van der Waals surface area contributed by atoms with E-state index < -0.39 is 0 Å². The number of anilines is 7. The van der Waals surface area contributed by atoms with Crippen LogP contribution in [0.3, 0.4) is 0 Å². The van der Waals surface area contributed by atoms with E-state index in [9.17, 15) is 0 Å². The van der Waals surface area contributed by atoms with E-state index in [1.54, 1.807) is 0 Å². The lowest BCUT2D eigenvalue weighted by Crippen LogP contribution is -2.33. The molecule has 0 spiro atoms. The van der Waals surface area contributed by atoms with Crippen molar-refractivity contribution < 1.29 is 9.59 Å². The van der Waals surface area contributed by atoms with E-state index in [0.29, 0.717) is 28.2 Å². The number of hydrogen-bond donors (Lipinski definition) is 0. The monoisotopic (exact) mass is 693 g/mol. The highest BCUT2D eigenvalue weighted by Gasteiger charge is 2.47. The predicted octanol–water partition coefficient (Wildman–Crippen LogP) is 12.1. The van der Waals surface area contributed by atoms with Crippen molar-refractivity contribution in [1.82, 2.24) is 0 Å². The molecule has 0 N–H and O–H groups in total. The molecular weight excluding hydrogens is 651 g/mol. The van der Waals surface area contributed by atoms with Crippen LogP contribution in [-0.4, -0.2) is 11.8 Å². The number of aryl methyl sites for hydroxylation is 1. The lowest BCUT2D eigenvalue weighted by molar-refractivity contribution is 0.0926. The molecule has 0 unspecified atom stereocenters. The standard InChI is InChI=1S/C48H43N3O2/c1-29(2)31-18-16-17-30(3)44(31)51-45(52)42-40(49-36-23-12-8-19-32(36)47(4,5)33-20-9-13-24-37(33)49)27-28-41(43(42)46(51)53)50-38-25-14-10-21-34(38)48(6,7)35-22-11-15-26-39(35)50/h8-29H,1-7H3. The molecule has 5 nitrogen and oxygen atoms in total. The van der Waals surface area contributed by atoms with Crippen LogP contribution in [0.2, 0.25) is 0 Å². The van der Waals surface area contributed by atoms with Gasteiger partial charge in [0.2, 0.25) is 0 Å². The van der Waals surface area contributed by atoms with Crippen LogP contribution in [0, 0.1) is 6.92 Å². The molecular formula is C48H43N3O2. The number of nitrogens with zero attached hydrogens (tertiary/aromatic N) is 3. The molecule has 6 aromatic rings. The van der Waals surface area contributed by atoms with Crippen molar-refractivity contribution in [3.8, 4) is 0 Å². The summed E-state index contributed by atoms with van der Waals surface area (Å²) < 4.78 is 0. The Hall–Kier alpha value is -5.94. The summed E-state index contributed by atoms with van der Waals surface area (Å²) in [6.45, 7) is 15.2. The summed E-state index contributed by atoms with van der Waals surface area (Å²) in [5, 5.41) is 0. The minimum Gasteiger partial charge on any atom is -0.309 e. The fourth-order valence-corrected chi connectivity index (χ4v) is 9.22. The number of fused-ring (bicyclic) bond motifs is 5. The maximum Gasteiger partial charge on any atom is 0.268 e. The largest absolute Gasteiger partial charge is 0.309 e. The second-order valence-corrected chi connectivity index (χ2v) is 16.0. The summed E-state index contributed by atoms with van der Waals surface area (Å²) in [5.41, 5.74) is 12.8. The van der Waals surface area contributed by atoms with E-state index in [1.165, 1.54) is 4.90 Å². The van der Waals surface area contributed by atoms with E-state index in [1.807, 2.05) is 25.1 Å². The highest BCUT2D eigenvalue weighted by Crippen LogP contribution is 2.57. The number of benzene rings is 6. The van der Waals surface area contributed by atoms with Crippen LogP contribution < -0.4 is 14.7 Å². The van der Waals surface area contributed by atoms with Gasteiger partial charge in [-0.05, 0) is 82.6 Å². The highest BCUT2D eigenvalue weighted by molar-refractivity contribution is 6.38. The first-order valence-corrected chi connectivity index (χ1v) is 18.6. The fraction of sp³-hybridized carbons (Fsp3) is 0.208. The van der Waals surface area contributed by atoms with Crippen molar-refractivity contribution in [1.29, 1.82) is 0 Å². The SMILES string of the molecule is Cc1cccc(C(C)C)c1N1C(=O)c2c(N3c4ccccc4C(C)(C)c4ccccc43)ccc(N3c4ccccc4C(C)(C)c4ccccc43)c2C1=O. The Balaban J connectivity index is 1.37. The maximum absolute atomic E-state index is 15.4. The van der Waals surface area contributed by atoms with Gasteiger partial charge in [-0.1, -0.05) is 133 Å². The van der Waals surface area contributed by atoms with Crippen molar-refractivity contribution in [3.63, 3.8) is 0 Å². The van der Waals surface area contributed by atoms with Crippen molar-refractivity contribution in [2.75, 3.05) is 14.7 Å². The van der Waals surface area contributed by atoms with Gasteiger partial charge >= 0.3 is 0 Å². The number of rotatable bonds is 4. The van der Waals surface area contributed by atoms with Gasteiger partial charge in [-0.15, -0.1) is 0 Å². The fourth-order valence-electron chi connectivity index (χ4n) is 9.22. The van der Waals surface area contributed by atoms with E-state index >= 15 is 9.59 Å². The minimum absolute atomic E-state index is 0.0966. The Morgan fingerprint density at radius 1 is 0.434 bits per heavy atom.